The lowest BCUT2D eigenvalue weighted by Gasteiger charge is -2.20. The van der Waals surface area contributed by atoms with Gasteiger partial charge < -0.3 is 16.0 Å². The lowest BCUT2D eigenvalue weighted by molar-refractivity contribution is -0.119. The van der Waals surface area contributed by atoms with Crippen molar-refractivity contribution in [2.75, 3.05) is 19.6 Å². The first-order chi connectivity index (χ1) is 9.08. The summed E-state index contributed by atoms with van der Waals surface area (Å²) in [6.45, 7) is 5.45. The van der Waals surface area contributed by atoms with E-state index in [9.17, 15) is 9.59 Å². The summed E-state index contributed by atoms with van der Waals surface area (Å²) in [5.74, 6) is -0.118. The van der Waals surface area contributed by atoms with E-state index in [4.69, 9.17) is 5.73 Å². The number of hydrogen-bond donors (Lipinski definition) is 2. The highest BCUT2D eigenvalue weighted by molar-refractivity contribution is 5.94. The second-order valence-corrected chi connectivity index (χ2v) is 4.28. The first-order valence-electron chi connectivity index (χ1n) is 6.41. The summed E-state index contributed by atoms with van der Waals surface area (Å²) in [6.07, 6.45) is 0. The smallest absolute Gasteiger partial charge is 0.253 e. The maximum absolute atomic E-state index is 12.2. The Hall–Kier alpha value is -1.88. The average Bonchev–Trinajstić information content (AvgIpc) is 2.42. The van der Waals surface area contributed by atoms with Gasteiger partial charge in [-0.25, -0.2) is 0 Å². The van der Waals surface area contributed by atoms with Crippen molar-refractivity contribution in [3.63, 3.8) is 0 Å². The fourth-order valence-corrected chi connectivity index (χ4v) is 1.78. The SMILES string of the molecule is CCN(CCN)C(=O)c1cccc(CNC(C)=O)c1. The van der Waals surface area contributed by atoms with E-state index in [0.717, 1.165) is 5.56 Å². The Morgan fingerprint density at radius 2 is 2.11 bits per heavy atom. The van der Waals surface area contributed by atoms with E-state index < -0.39 is 0 Å². The van der Waals surface area contributed by atoms with Crippen molar-refractivity contribution in [1.82, 2.24) is 10.2 Å². The van der Waals surface area contributed by atoms with Crippen LogP contribution in [0.25, 0.3) is 0 Å². The van der Waals surface area contributed by atoms with Gasteiger partial charge in [-0.1, -0.05) is 12.1 Å². The Morgan fingerprint density at radius 1 is 1.37 bits per heavy atom. The number of likely N-dealkylation sites (N-methyl/N-ethyl adjacent to an activating group) is 1. The number of carbonyl (C=O) groups excluding carboxylic acids is 2. The molecule has 0 fully saturated rings. The van der Waals surface area contributed by atoms with Gasteiger partial charge in [0.15, 0.2) is 0 Å². The third-order valence-electron chi connectivity index (χ3n) is 2.78. The Balaban J connectivity index is 2.79. The third-order valence-corrected chi connectivity index (χ3v) is 2.78. The molecule has 0 radical (unpaired) electrons. The van der Waals surface area contributed by atoms with Crippen LogP contribution in [0.2, 0.25) is 0 Å². The summed E-state index contributed by atoms with van der Waals surface area (Å²) >= 11 is 0. The van der Waals surface area contributed by atoms with Crippen LogP contribution in [0.15, 0.2) is 24.3 Å². The van der Waals surface area contributed by atoms with Gasteiger partial charge in [0, 0.05) is 38.7 Å². The molecule has 0 bridgehead atoms. The van der Waals surface area contributed by atoms with Gasteiger partial charge in [-0.2, -0.15) is 0 Å². The first-order valence-corrected chi connectivity index (χ1v) is 6.41. The number of hydrogen-bond acceptors (Lipinski definition) is 3. The second-order valence-electron chi connectivity index (χ2n) is 4.28. The van der Waals surface area contributed by atoms with Crippen LogP contribution in [0, 0.1) is 0 Å². The van der Waals surface area contributed by atoms with Crippen LogP contribution >= 0.6 is 0 Å². The molecule has 19 heavy (non-hydrogen) atoms. The van der Waals surface area contributed by atoms with Crippen molar-refractivity contribution in [1.29, 1.82) is 0 Å². The molecule has 0 aliphatic rings. The Bertz CT molecular complexity index is 446. The predicted octanol–water partition coefficient (Wildman–Crippen LogP) is 0.743. The molecule has 0 unspecified atom stereocenters. The van der Waals surface area contributed by atoms with E-state index in [1.54, 1.807) is 17.0 Å². The largest absolute Gasteiger partial charge is 0.352 e. The molecule has 2 amide bonds. The summed E-state index contributed by atoms with van der Waals surface area (Å²) in [4.78, 5) is 24.8. The number of carbonyl (C=O) groups is 2. The summed E-state index contributed by atoms with van der Waals surface area (Å²) in [5.41, 5.74) is 7.02. The monoisotopic (exact) mass is 263 g/mol. The Kier molecular flexibility index (Phi) is 6.02. The molecule has 1 aromatic carbocycles. The molecule has 0 aromatic heterocycles. The normalized spacial score (nSPS) is 10.1. The molecule has 0 atom stereocenters. The van der Waals surface area contributed by atoms with E-state index in [1.165, 1.54) is 6.92 Å². The zero-order chi connectivity index (χ0) is 14.3. The highest BCUT2D eigenvalue weighted by atomic mass is 16.2. The summed E-state index contributed by atoms with van der Waals surface area (Å²) in [7, 11) is 0. The molecule has 0 aliphatic carbocycles. The van der Waals surface area contributed by atoms with Crippen LogP contribution in [0.4, 0.5) is 0 Å². The molecule has 5 heteroatoms. The molecule has 104 valence electrons. The lowest BCUT2D eigenvalue weighted by Crippen LogP contribution is -2.35. The van der Waals surface area contributed by atoms with Crippen molar-refractivity contribution in [3.8, 4) is 0 Å². The number of rotatable bonds is 6. The van der Waals surface area contributed by atoms with Crippen molar-refractivity contribution in [2.45, 2.75) is 20.4 Å². The molecule has 1 rings (SSSR count). The Labute approximate surface area is 113 Å². The van der Waals surface area contributed by atoms with Crippen molar-refractivity contribution >= 4 is 11.8 Å². The molecule has 0 saturated heterocycles. The molecular formula is C14H21N3O2. The van der Waals surface area contributed by atoms with E-state index in [-0.39, 0.29) is 11.8 Å². The molecular weight excluding hydrogens is 242 g/mol. The van der Waals surface area contributed by atoms with E-state index in [1.807, 2.05) is 19.1 Å². The molecule has 0 spiro atoms. The molecule has 5 nitrogen and oxygen atoms in total. The highest BCUT2D eigenvalue weighted by Crippen LogP contribution is 2.08. The standard InChI is InChI=1S/C14H21N3O2/c1-3-17(8-7-15)14(19)13-6-4-5-12(9-13)10-16-11(2)18/h4-6,9H,3,7-8,10,15H2,1-2H3,(H,16,18). The molecule has 0 heterocycles. The van der Waals surface area contributed by atoms with Gasteiger partial charge in [-0.05, 0) is 24.6 Å². The Morgan fingerprint density at radius 3 is 2.68 bits per heavy atom. The van der Waals surface area contributed by atoms with Crippen molar-refractivity contribution in [3.05, 3.63) is 35.4 Å². The fourth-order valence-electron chi connectivity index (χ4n) is 1.78. The number of nitrogens with one attached hydrogen (secondary N) is 1. The quantitative estimate of drug-likeness (QED) is 0.795. The lowest BCUT2D eigenvalue weighted by atomic mass is 10.1. The first kappa shape index (κ1) is 15.2. The van der Waals surface area contributed by atoms with Crippen LogP contribution in [0.1, 0.15) is 29.8 Å². The van der Waals surface area contributed by atoms with Gasteiger partial charge in [-0.3, -0.25) is 9.59 Å². The predicted molar refractivity (Wildman–Crippen MR) is 74.6 cm³/mol. The number of nitrogens with zero attached hydrogens (tertiary/aromatic N) is 1. The van der Waals surface area contributed by atoms with Gasteiger partial charge in [0.05, 0.1) is 0 Å². The van der Waals surface area contributed by atoms with Crippen LogP contribution in [-0.2, 0) is 11.3 Å². The molecule has 0 saturated carbocycles. The van der Waals surface area contributed by atoms with E-state index in [0.29, 0.717) is 31.7 Å². The van der Waals surface area contributed by atoms with Gasteiger partial charge in [0.25, 0.3) is 5.91 Å². The zero-order valence-corrected chi connectivity index (χ0v) is 11.5. The van der Waals surface area contributed by atoms with Crippen LogP contribution in [-0.4, -0.2) is 36.3 Å². The molecule has 3 N–H and O–H groups in total. The second kappa shape index (κ2) is 7.53. The minimum Gasteiger partial charge on any atom is -0.352 e. The number of benzene rings is 1. The fraction of sp³-hybridized carbons (Fsp3) is 0.429. The summed E-state index contributed by atoms with van der Waals surface area (Å²) < 4.78 is 0. The maximum Gasteiger partial charge on any atom is 0.253 e. The molecule has 1 aromatic rings. The van der Waals surface area contributed by atoms with E-state index in [2.05, 4.69) is 5.32 Å². The topological polar surface area (TPSA) is 75.4 Å². The van der Waals surface area contributed by atoms with Crippen LogP contribution in [0.5, 0.6) is 0 Å². The number of nitrogens with two attached hydrogens (primary N) is 1. The van der Waals surface area contributed by atoms with Crippen LogP contribution < -0.4 is 11.1 Å². The minimum absolute atomic E-state index is 0.0300. The maximum atomic E-state index is 12.2. The average molecular weight is 263 g/mol. The highest BCUT2D eigenvalue weighted by Gasteiger charge is 2.13. The molecule has 0 aliphatic heterocycles. The van der Waals surface area contributed by atoms with Crippen molar-refractivity contribution in [2.24, 2.45) is 5.73 Å². The van der Waals surface area contributed by atoms with Gasteiger partial charge in [-0.15, -0.1) is 0 Å². The van der Waals surface area contributed by atoms with Gasteiger partial charge in [0.2, 0.25) is 5.91 Å². The zero-order valence-electron chi connectivity index (χ0n) is 11.5. The summed E-state index contributed by atoms with van der Waals surface area (Å²) in [6, 6.07) is 7.28. The van der Waals surface area contributed by atoms with Crippen molar-refractivity contribution < 1.29 is 9.59 Å². The van der Waals surface area contributed by atoms with Gasteiger partial charge in [0.1, 0.15) is 0 Å². The van der Waals surface area contributed by atoms with E-state index >= 15 is 0 Å². The summed E-state index contributed by atoms with van der Waals surface area (Å²) in [5, 5.41) is 2.71. The van der Waals surface area contributed by atoms with Crippen LogP contribution in [0.3, 0.4) is 0 Å². The van der Waals surface area contributed by atoms with Gasteiger partial charge >= 0.3 is 0 Å². The minimum atomic E-state index is -0.0879. The third kappa shape index (κ3) is 4.71. The number of amides is 2.